The van der Waals surface area contributed by atoms with E-state index in [-0.39, 0.29) is 11.7 Å². The predicted molar refractivity (Wildman–Crippen MR) is 83.9 cm³/mol. The Bertz CT molecular complexity index is 557. The molecule has 0 atom stereocenters. The highest BCUT2D eigenvalue weighted by atomic mass is 79.9. The molecule has 0 bridgehead atoms. The summed E-state index contributed by atoms with van der Waals surface area (Å²) >= 11 is 8.04. The maximum Gasteiger partial charge on any atom is 0.184 e. The van der Waals surface area contributed by atoms with Crippen LogP contribution in [-0.2, 0) is 0 Å². The molecule has 8 heteroatoms. The van der Waals surface area contributed by atoms with Crippen LogP contribution in [0.3, 0.4) is 0 Å². The van der Waals surface area contributed by atoms with Gasteiger partial charge in [0.05, 0.1) is 12.8 Å². The summed E-state index contributed by atoms with van der Waals surface area (Å²) in [6.07, 6.45) is 1.54. The molecule has 0 aliphatic heterocycles. The van der Waals surface area contributed by atoms with Crippen molar-refractivity contribution >= 4 is 39.5 Å². The van der Waals surface area contributed by atoms with Crippen molar-refractivity contribution in [3.63, 3.8) is 0 Å². The maximum atomic E-state index is 8.56. The lowest BCUT2D eigenvalue weighted by Crippen LogP contribution is -2.24. The molecular formula is C12H13BrN4O2S. The van der Waals surface area contributed by atoms with Crippen molar-refractivity contribution in [1.82, 2.24) is 5.43 Å². The Morgan fingerprint density at radius 3 is 2.85 bits per heavy atom. The molecule has 0 saturated carbocycles. The second kappa shape index (κ2) is 8.35. The van der Waals surface area contributed by atoms with E-state index in [0.717, 1.165) is 10.0 Å². The summed E-state index contributed by atoms with van der Waals surface area (Å²) in [5.74, 6) is 1.02. The minimum atomic E-state index is -0.0526. The van der Waals surface area contributed by atoms with E-state index in [0.29, 0.717) is 18.1 Å². The zero-order chi connectivity index (χ0) is 15.0. The van der Waals surface area contributed by atoms with Crippen molar-refractivity contribution in [3.05, 3.63) is 22.2 Å². The summed E-state index contributed by atoms with van der Waals surface area (Å²) in [4.78, 5) is 0. The third-order valence-electron chi connectivity index (χ3n) is 2.03. The quantitative estimate of drug-likeness (QED) is 0.459. The average Bonchev–Trinajstić information content (AvgIpc) is 2.40. The van der Waals surface area contributed by atoms with Crippen LogP contribution in [-0.4, -0.2) is 24.5 Å². The van der Waals surface area contributed by atoms with Crippen LogP contribution in [0.15, 0.2) is 21.7 Å². The molecule has 0 aliphatic carbocycles. The van der Waals surface area contributed by atoms with Crippen molar-refractivity contribution in [2.24, 2.45) is 10.8 Å². The van der Waals surface area contributed by atoms with E-state index >= 15 is 0 Å². The van der Waals surface area contributed by atoms with Crippen molar-refractivity contribution in [3.8, 4) is 17.6 Å². The number of hydrogen-bond donors (Lipinski definition) is 2. The van der Waals surface area contributed by atoms with Gasteiger partial charge in [0.15, 0.2) is 23.2 Å². The molecule has 1 rings (SSSR count). The summed E-state index contributed by atoms with van der Waals surface area (Å²) < 4.78 is 11.5. The van der Waals surface area contributed by atoms with Gasteiger partial charge in [-0.05, 0) is 47.2 Å². The minimum Gasteiger partial charge on any atom is -0.490 e. The van der Waals surface area contributed by atoms with Crippen LogP contribution in [0.5, 0.6) is 11.5 Å². The number of hydrogen-bond acceptors (Lipinski definition) is 5. The molecule has 0 saturated heterocycles. The Labute approximate surface area is 130 Å². The van der Waals surface area contributed by atoms with Gasteiger partial charge in [-0.2, -0.15) is 10.4 Å². The van der Waals surface area contributed by atoms with Crippen LogP contribution in [0.25, 0.3) is 0 Å². The molecule has 0 amide bonds. The number of thiocarbonyl (C=S) groups is 1. The number of ether oxygens (including phenoxy) is 2. The molecule has 0 radical (unpaired) electrons. The molecule has 0 unspecified atom stereocenters. The standard InChI is InChI=1S/C12H13BrN4O2S/c1-2-18-10-5-8(7-16-17-12(15)20)9(13)6-11(10)19-4-3-14/h5-7H,2,4H2,1H3,(H3,15,17,20)/b16-7+. The van der Waals surface area contributed by atoms with Crippen molar-refractivity contribution in [2.75, 3.05) is 13.2 Å². The van der Waals surface area contributed by atoms with E-state index in [9.17, 15) is 0 Å². The van der Waals surface area contributed by atoms with Crippen LogP contribution < -0.4 is 20.6 Å². The first-order chi connectivity index (χ1) is 9.58. The summed E-state index contributed by atoms with van der Waals surface area (Å²) in [6, 6.07) is 5.36. The summed E-state index contributed by atoms with van der Waals surface area (Å²) in [5, 5.41) is 12.5. The summed E-state index contributed by atoms with van der Waals surface area (Å²) in [5.41, 5.74) is 8.49. The van der Waals surface area contributed by atoms with Crippen molar-refractivity contribution in [2.45, 2.75) is 6.92 Å². The van der Waals surface area contributed by atoms with E-state index in [1.54, 1.807) is 18.3 Å². The fourth-order valence-corrected chi connectivity index (χ4v) is 1.78. The Morgan fingerprint density at radius 1 is 1.55 bits per heavy atom. The van der Waals surface area contributed by atoms with Gasteiger partial charge in [0.25, 0.3) is 0 Å². The molecule has 1 aromatic rings. The van der Waals surface area contributed by atoms with Gasteiger partial charge in [0.1, 0.15) is 6.07 Å². The van der Waals surface area contributed by atoms with Gasteiger partial charge in [-0.25, -0.2) is 0 Å². The Kier molecular flexibility index (Phi) is 6.76. The topological polar surface area (TPSA) is 92.7 Å². The van der Waals surface area contributed by atoms with Crippen LogP contribution in [0, 0.1) is 11.3 Å². The Morgan fingerprint density at radius 2 is 2.25 bits per heavy atom. The highest BCUT2D eigenvalue weighted by Gasteiger charge is 2.10. The molecule has 106 valence electrons. The monoisotopic (exact) mass is 356 g/mol. The van der Waals surface area contributed by atoms with Crippen molar-refractivity contribution < 1.29 is 9.47 Å². The largest absolute Gasteiger partial charge is 0.490 e. The van der Waals surface area contributed by atoms with E-state index < -0.39 is 0 Å². The third-order valence-corrected chi connectivity index (χ3v) is 2.81. The normalized spacial score (nSPS) is 10.1. The lowest BCUT2D eigenvalue weighted by molar-refractivity contribution is 0.298. The number of nitrogens with zero attached hydrogens (tertiary/aromatic N) is 2. The fourth-order valence-electron chi connectivity index (χ4n) is 1.31. The molecule has 0 aliphatic rings. The van der Waals surface area contributed by atoms with Crippen LogP contribution in [0.2, 0.25) is 0 Å². The second-order valence-electron chi connectivity index (χ2n) is 3.43. The van der Waals surface area contributed by atoms with Crippen molar-refractivity contribution in [1.29, 1.82) is 5.26 Å². The van der Waals surface area contributed by atoms with Gasteiger partial charge in [0.2, 0.25) is 0 Å². The molecule has 0 spiro atoms. The van der Waals surface area contributed by atoms with E-state index in [4.69, 9.17) is 20.5 Å². The van der Waals surface area contributed by atoms with Gasteiger partial charge in [-0.3, -0.25) is 5.43 Å². The number of halogens is 1. The smallest absolute Gasteiger partial charge is 0.184 e. The lowest BCUT2D eigenvalue weighted by atomic mass is 10.2. The summed E-state index contributed by atoms with van der Waals surface area (Å²) in [7, 11) is 0. The molecule has 0 heterocycles. The zero-order valence-electron chi connectivity index (χ0n) is 10.7. The third kappa shape index (κ3) is 5.03. The van der Waals surface area contributed by atoms with Gasteiger partial charge in [-0.1, -0.05) is 0 Å². The summed E-state index contributed by atoms with van der Waals surface area (Å²) in [6.45, 7) is 2.29. The molecule has 20 heavy (non-hydrogen) atoms. The first-order valence-electron chi connectivity index (χ1n) is 5.63. The predicted octanol–water partition coefficient (Wildman–Crippen LogP) is 1.92. The fraction of sp³-hybridized carbons (Fsp3) is 0.250. The highest BCUT2D eigenvalue weighted by Crippen LogP contribution is 2.33. The van der Waals surface area contributed by atoms with Crippen LogP contribution in [0.4, 0.5) is 0 Å². The van der Waals surface area contributed by atoms with E-state index in [2.05, 4.69) is 38.7 Å². The van der Waals surface area contributed by atoms with Crippen LogP contribution in [0.1, 0.15) is 12.5 Å². The molecule has 1 aromatic carbocycles. The number of hydrazone groups is 1. The SMILES string of the molecule is CCOc1cc(/C=N/NC(N)=S)c(Br)cc1OCC#N. The number of rotatable bonds is 6. The lowest BCUT2D eigenvalue weighted by Gasteiger charge is -2.12. The Balaban J connectivity index is 3.02. The molecule has 6 nitrogen and oxygen atoms in total. The zero-order valence-corrected chi connectivity index (χ0v) is 13.1. The van der Waals surface area contributed by atoms with Gasteiger partial charge in [0, 0.05) is 10.0 Å². The maximum absolute atomic E-state index is 8.56. The molecular weight excluding hydrogens is 344 g/mol. The second-order valence-corrected chi connectivity index (χ2v) is 4.73. The number of nitrogens with two attached hydrogens (primary N) is 1. The van der Waals surface area contributed by atoms with Gasteiger partial charge in [-0.15, -0.1) is 0 Å². The Hall–Kier alpha value is -1.85. The van der Waals surface area contributed by atoms with Crippen LogP contribution >= 0.6 is 28.1 Å². The number of nitrogens with one attached hydrogen (secondary N) is 1. The van der Waals surface area contributed by atoms with E-state index in [1.807, 2.05) is 13.0 Å². The van der Waals surface area contributed by atoms with Gasteiger partial charge >= 0.3 is 0 Å². The first-order valence-corrected chi connectivity index (χ1v) is 6.83. The molecule has 3 N–H and O–H groups in total. The minimum absolute atomic E-state index is 0.0526. The molecule has 0 fully saturated rings. The first kappa shape index (κ1) is 16.2. The van der Waals surface area contributed by atoms with E-state index in [1.165, 1.54) is 0 Å². The number of benzene rings is 1. The van der Waals surface area contributed by atoms with Gasteiger partial charge < -0.3 is 15.2 Å². The number of nitriles is 1. The molecule has 0 aromatic heterocycles. The highest BCUT2D eigenvalue weighted by molar-refractivity contribution is 9.10. The average molecular weight is 357 g/mol.